The van der Waals surface area contributed by atoms with Crippen LogP contribution in [-0.2, 0) is 5.41 Å². The van der Waals surface area contributed by atoms with Crippen molar-refractivity contribution in [2.24, 2.45) is 23.7 Å². The van der Waals surface area contributed by atoms with Gasteiger partial charge in [0.25, 0.3) is 0 Å². The number of benzene rings is 6. The fourth-order valence-electron chi connectivity index (χ4n) is 11.9. The van der Waals surface area contributed by atoms with Crippen LogP contribution in [0.2, 0.25) is 0 Å². The second-order valence-electron chi connectivity index (χ2n) is 16.3. The van der Waals surface area contributed by atoms with Gasteiger partial charge in [0.15, 0.2) is 17.5 Å². The summed E-state index contributed by atoms with van der Waals surface area (Å²) >= 11 is 0. The Morgan fingerprint density at radius 3 is 1.93 bits per heavy atom. The third-order valence-corrected chi connectivity index (χ3v) is 13.7. The largest absolute Gasteiger partial charge is 0.456 e. The molecular formula is C49H35N3O2. The van der Waals surface area contributed by atoms with Crippen LogP contribution in [0, 0.1) is 23.7 Å². The standard InChI is InChI=1S/C49H35N3O2/c1-2-9-29(10-3-1)46-50-47(52-48(51-46)39-14-8-13-37-34-12-5-7-16-41(34)53-44(37)39)30-17-18-35-38-20-19-36-33-11-4-6-15-40(33)49(43(36)45(38)54-42(35)26-30)31-22-27-21-28(24-31)25-32(49)23-27/h1-20,26-28,31-32H,21-25H2. The lowest BCUT2D eigenvalue weighted by Crippen LogP contribution is -2.55. The first-order chi connectivity index (χ1) is 26.7. The SMILES string of the molecule is c1ccc(-c2nc(-c3ccc4c(c3)oc3c5c(ccc34)-c3ccccc3C53C4CC5CC(C4)CC3C5)nc(-c3cccc4c3oc3ccccc34)n2)cc1. The number of aromatic nitrogens is 3. The first kappa shape index (κ1) is 29.4. The van der Waals surface area contributed by atoms with Crippen LogP contribution in [0.25, 0.3) is 89.2 Å². The van der Waals surface area contributed by atoms with Crippen molar-refractivity contribution in [3.63, 3.8) is 0 Å². The lowest BCUT2D eigenvalue weighted by atomic mass is 9.43. The summed E-state index contributed by atoms with van der Waals surface area (Å²) < 4.78 is 13.6. The van der Waals surface area contributed by atoms with Gasteiger partial charge in [0, 0.05) is 43.7 Å². The number of furan rings is 2. The number of hydrogen-bond donors (Lipinski definition) is 0. The zero-order valence-corrected chi connectivity index (χ0v) is 29.6. The smallest absolute Gasteiger partial charge is 0.167 e. The topological polar surface area (TPSA) is 65.0 Å². The maximum Gasteiger partial charge on any atom is 0.167 e. The lowest BCUT2D eigenvalue weighted by Gasteiger charge is -2.61. The van der Waals surface area contributed by atoms with Gasteiger partial charge in [0.1, 0.15) is 22.3 Å². The highest BCUT2D eigenvalue weighted by molar-refractivity contribution is 6.11. The predicted molar refractivity (Wildman–Crippen MR) is 214 cm³/mol. The first-order valence-electron chi connectivity index (χ1n) is 19.5. The van der Waals surface area contributed by atoms with Crippen molar-refractivity contribution >= 4 is 43.9 Å². The average Bonchev–Trinajstić information content (AvgIpc) is 3.88. The molecule has 0 amide bonds. The highest BCUT2D eigenvalue weighted by atomic mass is 16.3. The summed E-state index contributed by atoms with van der Waals surface area (Å²) in [5, 5.41) is 4.46. The summed E-state index contributed by atoms with van der Waals surface area (Å²) in [6.07, 6.45) is 6.81. The first-order valence-corrected chi connectivity index (χ1v) is 19.5. The van der Waals surface area contributed by atoms with Crippen LogP contribution in [-0.4, -0.2) is 15.0 Å². The Labute approximate surface area is 311 Å². The molecule has 4 bridgehead atoms. The monoisotopic (exact) mass is 697 g/mol. The van der Waals surface area contributed by atoms with Crippen LogP contribution in [0.4, 0.5) is 0 Å². The molecule has 5 aliphatic carbocycles. The fourth-order valence-corrected chi connectivity index (χ4v) is 11.9. The molecule has 258 valence electrons. The molecule has 3 heterocycles. The van der Waals surface area contributed by atoms with E-state index in [9.17, 15) is 0 Å². The highest BCUT2D eigenvalue weighted by Crippen LogP contribution is 2.70. The van der Waals surface area contributed by atoms with Gasteiger partial charge in [-0.15, -0.1) is 0 Å². The van der Waals surface area contributed by atoms with Gasteiger partial charge in [0.2, 0.25) is 0 Å². The van der Waals surface area contributed by atoms with E-state index in [1.54, 1.807) is 5.56 Å². The van der Waals surface area contributed by atoms with E-state index in [1.165, 1.54) is 54.2 Å². The van der Waals surface area contributed by atoms with Crippen molar-refractivity contribution in [1.29, 1.82) is 0 Å². The average molecular weight is 698 g/mol. The number of para-hydroxylation sites is 2. The predicted octanol–water partition coefficient (Wildman–Crippen LogP) is 12.4. The number of hydrogen-bond acceptors (Lipinski definition) is 5. The van der Waals surface area contributed by atoms with Crippen LogP contribution in [0.1, 0.15) is 43.2 Å². The Bertz CT molecular complexity index is 3000. The molecule has 0 saturated heterocycles. The molecule has 5 nitrogen and oxygen atoms in total. The quantitative estimate of drug-likeness (QED) is 0.184. The molecule has 0 radical (unpaired) electrons. The van der Waals surface area contributed by atoms with E-state index in [0.717, 1.165) is 67.0 Å². The summed E-state index contributed by atoms with van der Waals surface area (Å²) in [6.45, 7) is 0. The molecule has 0 aliphatic heterocycles. The minimum atomic E-state index is 0.0287. The second-order valence-corrected chi connectivity index (χ2v) is 16.3. The Kier molecular flexibility index (Phi) is 5.74. The Balaban J connectivity index is 1.01. The zero-order valence-electron chi connectivity index (χ0n) is 29.6. The molecule has 54 heavy (non-hydrogen) atoms. The number of fused-ring (bicyclic) bond motifs is 10. The van der Waals surface area contributed by atoms with Crippen molar-refractivity contribution in [3.05, 3.63) is 139 Å². The Morgan fingerprint density at radius 2 is 1.07 bits per heavy atom. The summed E-state index contributed by atoms with van der Waals surface area (Å²) in [5.41, 5.74) is 12.0. The van der Waals surface area contributed by atoms with Crippen LogP contribution in [0.3, 0.4) is 0 Å². The van der Waals surface area contributed by atoms with E-state index < -0.39 is 0 Å². The molecule has 14 rings (SSSR count). The van der Waals surface area contributed by atoms with E-state index in [4.69, 9.17) is 23.8 Å². The maximum absolute atomic E-state index is 7.15. The molecule has 6 aromatic carbocycles. The van der Waals surface area contributed by atoms with E-state index >= 15 is 0 Å². The minimum Gasteiger partial charge on any atom is -0.456 e. The van der Waals surface area contributed by atoms with Gasteiger partial charge in [-0.3, -0.25) is 0 Å². The normalized spacial score (nSPS) is 23.6. The molecule has 5 heteroatoms. The maximum atomic E-state index is 7.15. The molecule has 9 aromatic rings. The van der Waals surface area contributed by atoms with Crippen LogP contribution in [0.5, 0.6) is 0 Å². The summed E-state index contributed by atoms with van der Waals surface area (Å²) in [5.74, 6) is 4.90. The second kappa shape index (κ2) is 10.5. The lowest BCUT2D eigenvalue weighted by molar-refractivity contribution is -0.0396. The van der Waals surface area contributed by atoms with E-state index in [-0.39, 0.29) is 5.41 Å². The molecule has 0 unspecified atom stereocenters. The molecule has 4 fully saturated rings. The molecule has 4 saturated carbocycles. The van der Waals surface area contributed by atoms with Gasteiger partial charge in [-0.25, -0.2) is 15.0 Å². The molecule has 0 atom stereocenters. The van der Waals surface area contributed by atoms with Gasteiger partial charge < -0.3 is 8.83 Å². The molecule has 1 spiro atoms. The van der Waals surface area contributed by atoms with Gasteiger partial charge in [-0.05, 0) is 103 Å². The molecular weight excluding hydrogens is 663 g/mol. The molecule has 3 aromatic heterocycles. The van der Waals surface area contributed by atoms with Crippen molar-refractivity contribution in [2.45, 2.75) is 37.5 Å². The number of nitrogens with zero attached hydrogens (tertiary/aromatic N) is 3. The van der Waals surface area contributed by atoms with Crippen molar-refractivity contribution in [1.82, 2.24) is 15.0 Å². The Hall–Kier alpha value is -6.07. The molecule has 5 aliphatic rings. The number of rotatable bonds is 3. The van der Waals surface area contributed by atoms with E-state index in [2.05, 4.69) is 72.8 Å². The summed E-state index contributed by atoms with van der Waals surface area (Å²) in [6, 6.07) is 45.0. The molecule has 0 N–H and O–H groups in total. The fraction of sp³-hybridized carbons (Fsp3) is 0.204. The minimum absolute atomic E-state index is 0.0287. The van der Waals surface area contributed by atoms with E-state index in [0.29, 0.717) is 29.3 Å². The van der Waals surface area contributed by atoms with E-state index in [1.807, 2.05) is 54.6 Å². The summed E-state index contributed by atoms with van der Waals surface area (Å²) in [7, 11) is 0. The van der Waals surface area contributed by atoms with Gasteiger partial charge in [0.05, 0.1) is 5.56 Å². The van der Waals surface area contributed by atoms with Crippen LogP contribution in [0.15, 0.2) is 136 Å². The van der Waals surface area contributed by atoms with Crippen molar-refractivity contribution < 1.29 is 8.83 Å². The van der Waals surface area contributed by atoms with Crippen LogP contribution >= 0.6 is 0 Å². The third kappa shape index (κ3) is 3.81. The van der Waals surface area contributed by atoms with Crippen LogP contribution < -0.4 is 0 Å². The van der Waals surface area contributed by atoms with Gasteiger partial charge in [-0.2, -0.15) is 0 Å². The van der Waals surface area contributed by atoms with Gasteiger partial charge >= 0.3 is 0 Å². The van der Waals surface area contributed by atoms with Crippen molar-refractivity contribution in [2.75, 3.05) is 0 Å². The van der Waals surface area contributed by atoms with Crippen molar-refractivity contribution in [3.8, 4) is 45.3 Å². The van der Waals surface area contributed by atoms with Gasteiger partial charge in [-0.1, -0.05) is 97.1 Å². The highest BCUT2D eigenvalue weighted by Gasteiger charge is 2.62. The zero-order chi connectivity index (χ0) is 35.1. The third-order valence-electron chi connectivity index (χ3n) is 13.7. The summed E-state index contributed by atoms with van der Waals surface area (Å²) in [4.78, 5) is 15.3. The Morgan fingerprint density at radius 1 is 0.444 bits per heavy atom.